The number of hydrogen-bond acceptors (Lipinski definition) is 3. The monoisotopic (exact) mass is 287 g/mol. The molecule has 2 amide bonds. The zero-order chi connectivity index (χ0) is 12.8. The van der Waals surface area contributed by atoms with Crippen LogP contribution >= 0.6 is 12.4 Å². The van der Waals surface area contributed by atoms with Gasteiger partial charge in [0.05, 0.1) is 6.04 Å². The molecule has 1 saturated carbocycles. The first-order chi connectivity index (χ1) is 8.61. The number of likely N-dealkylation sites (N-methyl/N-ethyl adjacent to an activating group) is 1. The Morgan fingerprint density at radius 3 is 2.68 bits per heavy atom. The third-order valence-electron chi connectivity index (χ3n) is 4.79. The summed E-state index contributed by atoms with van der Waals surface area (Å²) in [6, 6.07) is 0.0226. The van der Waals surface area contributed by atoms with Gasteiger partial charge in [0.15, 0.2) is 0 Å². The van der Waals surface area contributed by atoms with Crippen LogP contribution in [0.25, 0.3) is 0 Å². The number of likely N-dealkylation sites (tertiary alicyclic amines) is 1. The lowest BCUT2D eigenvalue weighted by Gasteiger charge is -2.23. The molecule has 1 aliphatic carbocycles. The second-order valence-corrected chi connectivity index (χ2v) is 6.05. The molecule has 0 aromatic rings. The average Bonchev–Trinajstić information content (AvgIpc) is 2.93. The van der Waals surface area contributed by atoms with E-state index in [1.165, 1.54) is 0 Å². The first-order valence-corrected chi connectivity index (χ1v) is 6.86. The van der Waals surface area contributed by atoms with Gasteiger partial charge in [0.1, 0.15) is 0 Å². The van der Waals surface area contributed by atoms with Crippen molar-refractivity contribution in [2.45, 2.75) is 31.7 Å². The van der Waals surface area contributed by atoms with Crippen LogP contribution in [0.4, 0.5) is 0 Å². The number of piperidine rings is 1. The summed E-state index contributed by atoms with van der Waals surface area (Å²) in [5, 5.41) is 6.39. The molecule has 2 heterocycles. The quantitative estimate of drug-likeness (QED) is 0.760. The number of halogens is 1. The van der Waals surface area contributed by atoms with Crippen molar-refractivity contribution in [2.75, 3.05) is 26.7 Å². The van der Waals surface area contributed by atoms with Crippen LogP contribution < -0.4 is 10.6 Å². The van der Waals surface area contributed by atoms with Gasteiger partial charge in [-0.3, -0.25) is 9.59 Å². The minimum absolute atomic E-state index is 0. The number of amides is 2. The number of nitrogens with one attached hydrogen (secondary N) is 2. The number of nitrogens with zero attached hydrogens (tertiary/aromatic N) is 1. The second kappa shape index (κ2) is 5.29. The highest BCUT2D eigenvalue weighted by Gasteiger charge is 2.57. The van der Waals surface area contributed by atoms with Crippen LogP contribution in [0, 0.1) is 11.3 Å². The lowest BCUT2D eigenvalue weighted by Crippen LogP contribution is -2.39. The fourth-order valence-electron chi connectivity index (χ4n) is 3.46. The topological polar surface area (TPSA) is 61.4 Å². The zero-order valence-electron chi connectivity index (χ0n) is 11.3. The second-order valence-electron chi connectivity index (χ2n) is 6.05. The van der Waals surface area contributed by atoms with Crippen LogP contribution in [0.1, 0.15) is 25.7 Å². The molecule has 19 heavy (non-hydrogen) atoms. The Labute approximate surface area is 119 Å². The third kappa shape index (κ3) is 2.72. The standard InChI is InChI=1S/C13H21N3O2.ClH/c1-16-8-9(6-11(16)17)15-12(18)10-7-13(10)2-4-14-5-3-13;/h9-10,14H,2-8H2,1H3,(H,15,18);1H. The Balaban J connectivity index is 0.00000133. The molecule has 2 N–H and O–H groups in total. The van der Waals surface area contributed by atoms with Crippen LogP contribution in [-0.4, -0.2) is 49.4 Å². The summed E-state index contributed by atoms with van der Waals surface area (Å²) >= 11 is 0. The van der Waals surface area contributed by atoms with Gasteiger partial charge < -0.3 is 15.5 Å². The Bertz CT molecular complexity index is 382. The maximum atomic E-state index is 12.2. The number of carbonyl (C=O) groups excluding carboxylic acids is 2. The highest BCUT2D eigenvalue weighted by Crippen LogP contribution is 2.58. The van der Waals surface area contributed by atoms with E-state index in [2.05, 4.69) is 10.6 Å². The molecule has 6 heteroatoms. The van der Waals surface area contributed by atoms with Crippen molar-refractivity contribution in [1.29, 1.82) is 0 Å². The van der Waals surface area contributed by atoms with Crippen molar-refractivity contribution in [3.05, 3.63) is 0 Å². The van der Waals surface area contributed by atoms with E-state index >= 15 is 0 Å². The summed E-state index contributed by atoms with van der Waals surface area (Å²) in [6.45, 7) is 2.73. The molecule has 3 rings (SSSR count). The van der Waals surface area contributed by atoms with Crippen molar-refractivity contribution < 1.29 is 9.59 Å². The normalized spacial score (nSPS) is 32.1. The molecular formula is C13H22ClN3O2. The Hall–Kier alpha value is -0.810. The van der Waals surface area contributed by atoms with Crippen LogP contribution in [0.2, 0.25) is 0 Å². The van der Waals surface area contributed by atoms with Crippen LogP contribution in [-0.2, 0) is 9.59 Å². The predicted molar refractivity (Wildman–Crippen MR) is 74.1 cm³/mol. The molecule has 1 spiro atoms. The zero-order valence-corrected chi connectivity index (χ0v) is 12.1. The molecule has 0 radical (unpaired) electrons. The van der Waals surface area contributed by atoms with Gasteiger partial charge in [0.25, 0.3) is 0 Å². The van der Waals surface area contributed by atoms with Crippen molar-refractivity contribution in [3.63, 3.8) is 0 Å². The van der Waals surface area contributed by atoms with E-state index in [1.54, 1.807) is 11.9 Å². The van der Waals surface area contributed by atoms with Gasteiger partial charge in [-0.15, -0.1) is 12.4 Å². The smallest absolute Gasteiger partial charge is 0.224 e. The summed E-state index contributed by atoms with van der Waals surface area (Å²) in [5.41, 5.74) is 0.282. The lowest BCUT2D eigenvalue weighted by atomic mass is 9.91. The van der Waals surface area contributed by atoms with E-state index in [1.807, 2.05) is 0 Å². The largest absolute Gasteiger partial charge is 0.351 e. The lowest BCUT2D eigenvalue weighted by molar-refractivity contribution is -0.126. The van der Waals surface area contributed by atoms with Gasteiger partial charge in [0.2, 0.25) is 11.8 Å². The summed E-state index contributed by atoms with van der Waals surface area (Å²) in [6.07, 6.45) is 3.74. The Morgan fingerprint density at radius 1 is 1.42 bits per heavy atom. The van der Waals surface area contributed by atoms with E-state index in [-0.39, 0.29) is 41.6 Å². The fraction of sp³-hybridized carbons (Fsp3) is 0.846. The Morgan fingerprint density at radius 2 is 2.11 bits per heavy atom. The van der Waals surface area contributed by atoms with Gasteiger partial charge in [-0.1, -0.05) is 0 Å². The maximum Gasteiger partial charge on any atom is 0.224 e. The number of rotatable bonds is 2. The fourth-order valence-corrected chi connectivity index (χ4v) is 3.46. The Kier molecular flexibility index (Phi) is 4.06. The van der Waals surface area contributed by atoms with Crippen molar-refractivity contribution >= 4 is 24.2 Å². The summed E-state index contributed by atoms with van der Waals surface area (Å²) in [7, 11) is 1.79. The molecule has 2 atom stereocenters. The van der Waals surface area contributed by atoms with Crippen molar-refractivity contribution in [2.24, 2.45) is 11.3 Å². The SMILES string of the molecule is CN1CC(NC(=O)C2CC23CCNCC3)CC1=O.Cl. The molecule has 2 aliphatic heterocycles. The number of hydrogen-bond donors (Lipinski definition) is 2. The van der Waals surface area contributed by atoms with Gasteiger partial charge in [0, 0.05) is 25.9 Å². The van der Waals surface area contributed by atoms with E-state index < -0.39 is 0 Å². The molecule has 108 valence electrons. The molecule has 5 nitrogen and oxygen atoms in total. The first kappa shape index (κ1) is 14.6. The molecular weight excluding hydrogens is 266 g/mol. The van der Waals surface area contributed by atoms with Crippen LogP contribution in [0.5, 0.6) is 0 Å². The first-order valence-electron chi connectivity index (χ1n) is 6.86. The minimum Gasteiger partial charge on any atom is -0.351 e. The molecule has 2 saturated heterocycles. The molecule has 0 bridgehead atoms. The highest BCUT2D eigenvalue weighted by atomic mass is 35.5. The van der Waals surface area contributed by atoms with Crippen LogP contribution in [0.15, 0.2) is 0 Å². The molecule has 3 aliphatic rings. The van der Waals surface area contributed by atoms with Crippen molar-refractivity contribution in [1.82, 2.24) is 15.5 Å². The molecule has 0 aromatic heterocycles. The highest BCUT2D eigenvalue weighted by molar-refractivity contribution is 5.85. The summed E-state index contributed by atoms with van der Waals surface area (Å²) in [5.74, 6) is 0.498. The minimum atomic E-state index is 0. The molecule has 0 aromatic carbocycles. The maximum absolute atomic E-state index is 12.2. The van der Waals surface area contributed by atoms with Gasteiger partial charge >= 0.3 is 0 Å². The molecule has 2 unspecified atom stereocenters. The van der Waals surface area contributed by atoms with Crippen molar-refractivity contribution in [3.8, 4) is 0 Å². The van der Waals surface area contributed by atoms with Gasteiger partial charge in [-0.2, -0.15) is 0 Å². The van der Waals surface area contributed by atoms with E-state index in [0.29, 0.717) is 13.0 Å². The van der Waals surface area contributed by atoms with Crippen LogP contribution in [0.3, 0.4) is 0 Å². The number of carbonyl (C=O) groups is 2. The van der Waals surface area contributed by atoms with E-state index in [9.17, 15) is 9.59 Å². The predicted octanol–water partition coefficient (Wildman–Crippen LogP) is 0.145. The van der Waals surface area contributed by atoms with Gasteiger partial charge in [-0.25, -0.2) is 0 Å². The van der Waals surface area contributed by atoms with Gasteiger partial charge in [-0.05, 0) is 37.8 Å². The third-order valence-corrected chi connectivity index (χ3v) is 4.79. The van der Waals surface area contributed by atoms with E-state index in [4.69, 9.17) is 0 Å². The summed E-state index contributed by atoms with van der Waals surface area (Å²) < 4.78 is 0. The summed E-state index contributed by atoms with van der Waals surface area (Å²) in [4.78, 5) is 25.3. The average molecular weight is 288 g/mol. The van der Waals surface area contributed by atoms with E-state index in [0.717, 1.165) is 32.4 Å². The molecule has 3 fully saturated rings.